The van der Waals surface area contributed by atoms with Crippen LogP contribution in [-0.4, -0.2) is 56.5 Å². The Bertz CT molecular complexity index is 1100. The molecule has 1 amide bonds. The molecule has 0 radical (unpaired) electrons. The standard InChI is InChI=1S/C20H21N3O5S2/c1-27-14-7-8-15(17(9-14)28-2)22-19(24)12-3-5-13(6-4-12)21-20-23-16-10-30(25,26)11-18(16)29-20/h3-9,16,18H,10-11H2,1-2H3,(H,21,23)(H,22,24)/t16-,18+/m0/s1. The second-order valence-corrected chi connectivity index (χ2v) is 10.3. The third kappa shape index (κ3) is 4.39. The smallest absolute Gasteiger partial charge is 0.255 e. The number of thioether (sulfide) groups is 1. The van der Waals surface area contributed by atoms with Crippen molar-refractivity contribution >= 4 is 44.0 Å². The maximum Gasteiger partial charge on any atom is 0.255 e. The lowest BCUT2D eigenvalue weighted by molar-refractivity contribution is 0.102. The van der Waals surface area contributed by atoms with Crippen LogP contribution < -0.4 is 20.1 Å². The monoisotopic (exact) mass is 447 g/mol. The first-order valence-electron chi connectivity index (χ1n) is 9.22. The number of nitrogens with zero attached hydrogens (tertiary/aromatic N) is 1. The second-order valence-electron chi connectivity index (χ2n) is 6.96. The Labute approximate surface area is 179 Å². The van der Waals surface area contributed by atoms with Crippen LogP contribution in [0.3, 0.4) is 0 Å². The molecule has 10 heteroatoms. The van der Waals surface area contributed by atoms with Gasteiger partial charge in [0.05, 0.1) is 37.5 Å². The van der Waals surface area contributed by atoms with Crippen molar-refractivity contribution in [2.45, 2.75) is 11.3 Å². The van der Waals surface area contributed by atoms with E-state index in [9.17, 15) is 13.2 Å². The van der Waals surface area contributed by atoms with Gasteiger partial charge in [0.25, 0.3) is 5.91 Å². The zero-order valence-corrected chi connectivity index (χ0v) is 18.0. The van der Waals surface area contributed by atoms with Gasteiger partial charge in [0.2, 0.25) is 0 Å². The zero-order valence-electron chi connectivity index (χ0n) is 16.4. The normalized spacial score (nSPS) is 21.5. The Morgan fingerprint density at radius 2 is 1.87 bits per heavy atom. The van der Waals surface area contributed by atoms with Gasteiger partial charge in [-0.1, -0.05) is 11.8 Å². The fourth-order valence-electron chi connectivity index (χ4n) is 3.34. The fourth-order valence-corrected chi connectivity index (χ4v) is 7.02. The molecule has 8 nitrogen and oxygen atoms in total. The van der Waals surface area contributed by atoms with E-state index in [1.807, 2.05) is 0 Å². The molecular formula is C20H21N3O5S2. The van der Waals surface area contributed by atoms with Gasteiger partial charge in [0, 0.05) is 22.6 Å². The van der Waals surface area contributed by atoms with Crippen molar-refractivity contribution in [2.75, 3.05) is 36.4 Å². The lowest BCUT2D eigenvalue weighted by Crippen LogP contribution is -2.13. The Hall–Kier alpha value is -2.72. The quantitative estimate of drug-likeness (QED) is 0.726. The van der Waals surface area contributed by atoms with Crippen molar-refractivity contribution in [1.82, 2.24) is 0 Å². The van der Waals surface area contributed by atoms with Crippen molar-refractivity contribution in [1.29, 1.82) is 0 Å². The minimum absolute atomic E-state index is 0.0120. The predicted molar refractivity (Wildman–Crippen MR) is 119 cm³/mol. The summed E-state index contributed by atoms with van der Waals surface area (Å²) >= 11 is 1.45. The van der Waals surface area contributed by atoms with Crippen LogP contribution in [0.4, 0.5) is 11.4 Å². The minimum atomic E-state index is -2.97. The Kier molecular flexibility index (Phi) is 5.61. The maximum atomic E-state index is 12.6. The number of aliphatic imine (C=N–C) groups is 1. The number of benzene rings is 2. The molecule has 158 valence electrons. The third-order valence-corrected chi connectivity index (χ3v) is 8.02. The van der Waals surface area contributed by atoms with Crippen molar-refractivity contribution in [3.63, 3.8) is 0 Å². The molecule has 2 atom stereocenters. The first kappa shape index (κ1) is 20.5. The first-order valence-corrected chi connectivity index (χ1v) is 11.9. The van der Waals surface area contributed by atoms with Gasteiger partial charge in [0.1, 0.15) is 11.5 Å². The Morgan fingerprint density at radius 3 is 2.53 bits per heavy atom. The number of hydrogen-bond donors (Lipinski definition) is 2. The number of carbonyl (C=O) groups excluding carboxylic acids is 1. The number of fused-ring (bicyclic) bond motifs is 1. The highest BCUT2D eigenvalue weighted by Crippen LogP contribution is 2.34. The van der Waals surface area contributed by atoms with Gasteiger partial charge in [-0.2, -0.15) is 0 Å². The number of anilines is 2. The molecule has 2 aliphatic rings. The first-order chi connectivity index (χ1) is 14.4. The summed E-state index contributed by atoms with van der Waals surface area (Å²) in [5.74, 6) is 1.16. The molecule has 30 heavy (non-hydrogen) atoms. The number of nitrogens with one attached hydrogen (secondary N) is 2. The Morgan fingerprint density at radius 1 is 1.10 bits per heavy atom. The number of rotatable bonds is 5. The van der Waals surface area contributed by atoms with Crippen LogP contribution in [0.25, 0.3) is 0 Å². The van der Waals surface area contributed by atoms with E-state index in [-0.39, 0.29) is 28.7 Å². The molecule has 0 saturated carbocycles. The average molecular weight is 448 g/mol. The molecule has 0 aliphatic carbocycles. The molecule has 2 heterocycles. The number of amides is 1. The van der Waals surface area contributed by atoms with Gasteiger partial charge < -0.3 is 20.1 Å². The summed E-state index contributed by atoms with van der Waals surface area (Å²) in [5, 5.41) is 6.72. The zero-order chi connectivity index (χ0) is 21.3. The average Bonchev–Trinajstić information content (AvgIpc) is 3.21. The number of methoxy groups -OCH3 is 2. The summed E-state index contributed by atoms with van der Waals surface area (Å²) in [5.41, 5.74) is 1.81. The van der Waals surface area contributed by atoms with Crippen molar-refractivity contribution < 1.29 is 22.7 Å². The number of amidine groups is 1. The number of carbonyl (C=O) groups is 1. The van der Waals surface area contributed by atoms with Crippen LogP contribution in [0.2, 0.25) is 0 Å². The molecule has 1 saturated heterocycles. The SMILES string of the molecule is COc1ccc(NC(=O)c2ccc(NC3=N[C@H]4CS(=O)(=O)C[C@H]4S3)cc2)c(OC)c1. The van der Waals surface area contributed by atoms with E-state index in [1.165, 1.54) is 18.9 Å². The van der Waals surface area contributed by atoms with Crippen LogP contribution in [0.1, 0.15) is 10.4 Å². The van der Waals surface area contributed by atoms with E-state index in [0.29, 0.717) is 27.9 Å². The maximum absolute atomic E-state index is 12.6. The van der Waals surface area contributed by atoms with Gasteiger partial charge >= 0.3 is 0 Å². The molecule has 4 rings (SSSR count). The lowest BCUT2D eigenvalue weighted by atomic mass is 10.2. The summed E-state index contributed by atoms with van der Waals surface area (Å²) in [4.78, 5) is 17.1. The van der Waals surface area contributed by atoms with Gasteiger partial charge in [-0.05, 0) is 36.4 Å². The molecule has 1 fully saturated rings. The highest BCUT2D eigenvalue weighted by Gasteiger charge is 2.42. The highest BCUT2D eigenvalue weighted by atomic mass is 32.2. The molecule has 2 aromatic rings. The van der Waals surface area contributed by atoms with E-state index in [4.69, 9.17) is 9.47 Å². The number of hydrogen-bond acceptors (Lipinski definition) is 8. The van der Waals surface area contributed by atoms with E-state index < -0.39 is 9.84 Å². The molecule has 0 spiro atoms. The van der Waals surface area contributed by atoms with E-state index >= 15 is 0 Å². The molecule has 2 aromatic carbocycles. The van der Waals surface area contributed by atoms with E-state index in [0.717, 1.165) is 5.69 Å². The minimum Gasteiger partial charge on any atom is -0.497 e. The fraction of sp³-hybridized carbons (Fsp3) is 0.300. The summed E-state index contributed by atoms with van der Waals surface area (Å²) in [7, 11) is 0.120. The summed E-state index contributed by atoms with van der Waals surface area (Å²) in [6.07, 6.45) is 0. The van der Waals surface area contributed by atoms with Crippen molar-refractivity contribution in [3.05, 3.63) is 48.0 Å². The van der Waals surface area contributed by atoms with Crippen molar-refractivity contribution in [3.8, 4) is 11.5 Å². The molecule has 0 unspecified atom stereocenters. The molecular weight excluding hydrogens is 426 g/mol. The van der Waals surface area contributed by atoms with Crippen LogP contribution >= 0.6 is 11.8 Å². The van der Waals surface area contributed by atoms with Crippen LogP contribution in [0.15, 0.2) is 47.5 Å². The van der Waals surface area contributed by atoms with Crippen LogP contribution in [0, 0.1) is 0 Å². The third-order valence-electron chi connectivity index (χ3n) is 4.87. The van der Waals surface area contributed by atoms with Crippen molar-refractivity contribution in [2.24, 2.45) is 4.99 Å². The van der Waals surface area contributed by atoms with Gasteiger partial charge in [-0.3, -0.25) is 9.79 Å². The van der Waals surface area contributed by atoms with Gasteiger partial charge in [-0.15, -0.1) is 0 Å². The number of sulfone groups is 1. The highest BCUT2D eigenvalue weighted by molar-refractivity contribution is 8.15. The lowest BCUT2D eigenvalue weighted by Gasteiger charge is -2.12. The molecule has 2 aliphatic heterocycles. The molecule has 0 aromatic heterocycles. The van der Waals surface area contributed by atoms with Gasteiger partial charge in [0.15, 0.2) is 15.0 Å². The van der Waals surface area contributed by atoms with Crippen LogP contribution in [-0.2, 0) is 9.84 Å². The van der Waals surface area contributed by atoms with Crippen LogP contribution in [0.5, 0.6) is 11.5 Å². The topological polar surface area (TPSA) is 106 Å². The predicted octanol–water partition coefficient (Wildman–Crippen LogP) is 2.64. The van der Waals surface area contributed by atoms with Gasteiger partial charge in [-0.25, -0.2) is 8.42 Å². The summed E-state index contributed by atoms with van der Waals surface area (Å²) < 4.78 is 33.8. The second kappa shape index (κ2) is 8.19. The summed E-state index contributed by atoms with van der Waals surface area (Å²) in [6, 6.07) is 12.0. The molecule has 0 bridgehead atoms. The largest absolute Gasteiger partial charge is 0.497 e. The number of ether oxygens (including phenoxy) is 2. The molecule has 2 N–H and O–H groups in total. The Balaban J connectivity index is 1.40. The van der Waals surface area contributed by atoms with E-state index in [1.54, 1.807) is 49.6 Å². The summed E-state index contributed by atoms with van der Waals surface area (Å²) in [6.45, 7) is 0. The van der Waals surface area contributed by atoms with E-state index in [2.05, 4.69) is 15.6 Å².